The van der Waals surface area contributed by atoms with E-state index in [1.807, 2.05) is 16.7 Å². The minimum Gasteiger partial charge on any atom is -0.454 e. The molecule has 1 aromatic heterocycles. The quantitative estimate of drug-likeness (QED) is 0.499. The Hall–Kier alpha value is -3.02. The minimum absolute atomic E-state index is 0.0407. The van der Waals surface area contributed by atoms with Crippen LogP contribution >= 0.6 is 11.3 Å². The summed E-state index contributed by atoms with van der Waals surface area (Å²) in [7, 11) is -3.74. The van der Waals surface area contributed by atoms with Crippen molar-refractivity contribution >= 4 is 37.5 Å². The van der Waals surface area contributed by atoms with Crippen molar-refractivity contribution in [2.45, 2.75) is 24.3 Å². The summed E-state index contributed by atoms with van der Waals surface area (Å²) in [5.41, 5.74) is 0.876. The second kappa shape index (κ2) is 8.97. The smallest absolute Gasteiger partial charge is 0.251 e. The van der Waals surface area contributed by atoms with Crippen LogP contribution in [0.1, 0.15) is 12.8 Å². The number of amides is 1. The van der Waals surface area contributed by atoms with Crippen molar-refractivity contribution in [3.63, 3.8) is 0 Å². The molecule has 178 valence electrons. The Morgan fingerprint density at radius 1 is 1.18 bits per heavy atom. The molecule has 0 spiro atoms. The van der Waals surface area contributed by atoms with E-state index in [4.69, 9.17) is 9.47 Å². The third kappa shape index (κ3) is 4.15. The van der Waals surface area contributed by atoms with E-state index in [2.05, 4.69) is 11.6 Å². The van der Waals surface area contributed by atoms with E-state index in [0.29, 0.717) is 35.7 Å². The number of thiazole rings is 1. The zero-order chi connectivity index (χ0) is 23.9. The predicted octanol–water partition coefficient (Wildman–Crippen LogP) is 3.28. The second-order valence-corrected chi connectivity index (χ2v) is 11.0. The number of ether oxygens (including phenoxy) is 2. The van der Waals surface area contributed by atoms with Crippen molar-refractivity contribution in [3.8, 4) is 11.5 Å². The van der Waals surface area contributed by atoms with Crippen LogP contribution in [0.5, 0.6) is 11.5 Å². The summed E-state index contributed by atoms with van der Waals surface area (Å²) in [4.78, 5) is 18.0. The highest BCUT2D eigenvalue weighted by atomic mass is 32.2. The lowest BCUT2D eigenvalue weighted by Gasteiger charge is -2.29. The highest BCUT2D eigenvalue weighted by Crippen LogP contribution is 2.37. The van der Waals surface area contributed by atoms with Gasteiger partial charge in [0.15, 0.2) is 16.3 Å². The van der Waals surface area contributed by atoms with Crippen molar-refractivity contribution in [2.75, 3.05) is 19.9 Å². The molecule has 2 aliphatic rings. The number of fused-ring (bicyclic) bond motifs is 2. The van der Waals surface area contributed by atoms with Crippen LogP contribution < -0.4 is 14.3 Å². The average Bonchev–Trinajstić information content (AvgIpc) is 3.42. The normalized spacial score (nSPS) is 17.4. The van der Waals surface area contributed by atoms with E-state index >= 15 is 0 Å². The summed E-state index contributed by atoms with van der Waals surface area (Å²) < 4.78 is 53.9. The highest BCUT2D eigenvalue weighted by molar-refractivity contribution is 7.89. The van der Waals surface area contributed by atoms with Gasteiger partial charge in [0.05, 0.1) is 15.1 Å². The van der Waals surface area contributed by atoms with Gasteiger partial charge in [-0.15, -0.1) is 6.58 Å². The van der Waals surface area contributed by atoms with Crippen molar-refractivity contribution in [1.29, 1.82) is 0 Å². The fraction of sp³-hybridized carbons (Fsp3) is 0.304. The van der Waals surface area contributed by atoms with Gasteiger partial charge in [0.25, 0.3) is 5.91 Å². The molecule has 11 heteroatoms. The summed E-state index contributed by atoms with van der Waals surface area (Å²) >= 11 is 1.38. The van der Waals surface area contributed by atoms with Gasteiger partial charge >= 0.3 is 0 Å². The van der Waals surface area contributed by atoms with Crippen LogP contribution in [0.25, 0.3) is 10.2 Å². The molecule has 3 heterocycles. The maximum absolute atomic E-state index is 13.2. The largest absolute Gasteiger partial charge is 0.454 e. The first-order valence-electron chi connectivity index (χ1n) is 10.7. The van der Waals surface area contributed by atoms with Crippen molar-refractivity contribution < 1.29 is 27.1 Å². The first-order valence-corrected chi connectivity index (χ1v) is 13.0. The van der Waals surface area contributed by atoms with Gasteiger partial charge in [0.2, 0.25) is 16.8 Å². The van der Waals surface area contributed by atoms with Gasteiger partial charge in [-0.2, -0.15) is 9.30 Å². The SMILES string of the molecule is C=CCn1c(=NC(=O)C2CCN(S(=O)(=O)c3ccc(F)cc3)CC2)sc2cc3c(cc21)OCO3. The van der Waals surface area contributed by atoms with E-state index in [9.17, 15) is 17.6 Å². The summed E-state index contributed by atoms with van der Waals surface area (Å²) in [5, 5.41) is 0. The average molecular weight is 504 g/mol. The molecule has 0 aliphatic carbocycles. The number of carbonyl (C=O) groups is 1. The number of aromatic nitrogens is 1. The van der Waals surface area contributed by atoms with Crippen LogP contribution in [0.3, 0.4) is 0 Å². The lowest BCUT2D eigenvalue weighted by Crippen LogP contribution is -2.40. The van der Waals surface area contributed by atoms with Crippen LogP contribution in [0.4, 0.5) is 4.39 Å². The Labute approximate surface area is 199 Å². The number of allylic oxidation sites excluding steroid dienone is 1. The Balaban J connectivity index is 1.36. The van der Waals surface area contributed by atoms with Gasteiger partial charge in [0, 0.05) is 37.7 Å². The third-order valence-corrected chi connectivity index (χ3v) is 8.90. The van der Waals surface area contributed by atoms with Crippen molar-refractivity contribution in [3.05, 3.63) is 59.7 Å². The standard InChI is InChI=1S/C23H22FN3O5S2/c1-2-9-27-18-12-19-20(32-14-31-19)13-21(18)33-23(27)25-22(28)15-7-10-26(11-8-15)34(29,30)17-5-3-16(24)4-6-17/h2-6,12-13,15H,1,7-11,14H2. The minimum atomic E-state index is -3.74. The van der Waals surface area contributed by atoms with Crippen LogP contribution in [0, 0.1) is 11.7 Å². The van der Waals surface area contributed by atoms with E-state index in [1.54, 1.807) is 6.08 Å². The summed E-state index contributed by atoms with van der Waals surface area (Å²) in [5.74, 6) is 0.161. The van der Waals surface area contributed by atoms with Gasteiger partial charge in [-0.1, -0.05) is 17.4 Å². The molecule has 34 heavy (non-hydrogen) atoms. The monoisotopic (exact) mass is 503 g/mol. The molecule has 0 unspecified atom stereocenters. The molecular formula is C23H22FN3O5S2. The topological polar surface area (TPSA) is 90.2 Å². The van der Waals surface area contributed by atoms with Crippen LogP contribution in [-0.4, -0.2) is 43.1 Å². The molecule has 2 aliphatic heterocycles. The van der Waals surface area contributed by atoms with Crippen LogP contribution in [-0.2, 0) is 21.4 Å². The number of piperidine rings is 1. The molecule has 0 saturated carbocycles. The van der Waals surface area contributed by atoms with E-state index in [1.165, 1.54) is 27.8 Å². The lowest BCUT2D eigenvalue weighted by atomic mass is 9.98. The number of rotatable bonds is 5. The molecule has 3 aromatic rings. The van der Waals surface area contributed by atoms with Gasteiger partial charge in [0.1, 0.15) is 5.82 Å². The molecule has 1 amide bonds. The number of hydrogen-bond donors (Lipinski definition) is 0. The third-order valence-electron chi connectivity index (χ3n) is 5.95. The van der Waals surface area contributed by atoms with E-state index in [-0.39, 0.29) is 36.6 Å². The Morgan fingerprint density at radius 2 is 1.85 bits per heavy atom. The van der Waals surface area contributed by atoms with Crippen LogP contribution in [0.15, 0.2) is 58.9 Å². The van der Waals surface area contributed by atoms with Gasteiger partial charge in [-0.05, 0) is 37.1 Å². The number of hydrogen-bond acceptors (Lipinski definition) is 6. The van der Waals surface area contributed by atoms with Crippen molar-refractivity contribution in [1.82, 2.24) is 8.87 Å². The summed E-state index contributed by atoms with van der Waals surface area (Å²) in [6.07, 6.45) is 2.47. The Morgan fingerprint density at radius 3 is 2.53 bits per heavy atom. The fourth-order valence-corrected chi connectivity index (χ4v) is 6.66. The fourth-order valence-electron chi connectivity index (χ4n) is 4.13. The first kappa shape index (κ1) is 22.8. The Kier molecular flexibility index (Phi) is 6.00. The number of carbonyl (C=O) groups excluding carboxylic acids is 1. The molecule has 8 nitrogen and oxygen atoms in total. The molecule has 1 fully saturated rings. The number of sulfonamides is 1. The molecule has 0 bridgehead atoms. The van der Waals surface area contributed by atoms with E-state index < -0.39 is 15.8 Å². The number of nitrogens with zero attached hydrogens (tertiary/aromatic N) is 3. The maximum Gasteiger partial charge on any atom is 0.251 e. The predicted molar refractivity (Wildman–Crippen MR) is 125 cm³/mol. The highest BCUT2D eigenvalue weighted by Gasteiger charge is 2.32. The molecule has 0 atom stereocenters. The summed E-state index contributed by atoms with van der Waals surface area (Å²) in [6.45, 7) is 4.86. The molecule has 5 rings (SSSR count). The van der Waals surface area contributed by atoms with E-state index in [0.717, 1.165) is 22.3 Å². The lowest BCUT2D eigenvalue weighted by molar-refractivity contribution is -0.122. The first-order chi connectivity index (χ1) is 16.4. The molecule has 0 radical (unpaired) electrons. The molecule has 2 aromatic carbocycles. The van der Waals surface area contributed by atoms with Crippen LogP contribution in [0.2, 0.25) is 0 Å². The number of benzene rings is 2. The summed E-state index contributed by atoms with van der Waals surface area (Å²) in [6, 6.07) is 8.51. The second-order valence-electron chi connectivity index (χ2n) is 8.04. The molecular weight excluding hydrogens is 481 g/mol. The maximum atomic E-state index is 13.2. The van der Waals surface area contributed by atoms with Gasteiger partial charge in [-0.25, -0.2) is 12.8 Å². The number of halogens is 1. The zero-order valence-electron chi connectivity index (χ0n) is 18.1. The van der Waals surface area contributed by atoms with Gasteiger partial charge in [-0.3, -0.25) is 4.79 Å². The Bertz CT molecular complexity index is 1440. The molecule has 1 saturated heterocycles. The zero-order valence-corrected chi connectivity index (χ0v) is 19.8. The molecule has 0 N–H and O–H groups in total. The van der Waals surface area contributed by atoms with Crippen molar-refractivity contribution in [2.24, 2.45) is 10.9 Å². The van der Waals surface area contributed by atoms with Gasteiger partial charge < -0.3 is 14.0 Å².